The second-order valence-electron chi connectivity index (χ2n) is 4.14. The van der Waals surface area contributed by atoms with E-state index in [2.05, 4.69) is 4.98 Å². The van der Waals surface area contributed by atoms with Gasteiger partial charge in [0.2, 0.25) is 0 Å². The summed E-state index contributed by atoms with van der Waals surface area (Å²) in [5.41, 5.74) is 1.45. The highest BCUT2D eigenvalue weighted by Crippen LogP contribution is 2.15. The predicted octanol–water partition coefficient (Wildman–Crippen LogP) is 2.76. The summed E-state index contributed by atoms with van der Waals surface area (Å²) in [6.45, 7) is 2.09. The molecule has 0 aliphatic rings. The summed E-state index contributed by atoms with van der Waals surface area (Å²) >= 11 is 0. The highest BCUT2D eigenvalue weighted by molar-refractivity contribution is 6.00. The molecule has 0 aliphatic carbocycles. The third-order valence-corrected chi connectivity index (χ3v) is 2.79. The van der Waals surface area contributed by atoms with Crippen molar-refractivity contribution in [3.63, 3.8) is 0 Å². The summed E-state index contributed by atoms with van der Waals surface area (Å²) in [4.78, 5) is 27.4. The van der Waals surface area contributed by atoms with Crippen molar-refractivity contribution in [1.29, 1.82) is 0 Å². The molecule has 4 nitrogen and oxygen atoms in total. The fraction of sp³-hybridized carbons (Fsp3) is 0.267. The van der Waals surface area contributed by atoms with Crippen molar-refractivity contribution >= 4 is 22.7 Å². The lowest BCUT2D eigenvalue weighted by atomic mass is 10.0. The number of aromatic nitrogens is 1. The molecule has 0 bridgehead atoms. The Hall–Kier alpha value is -2.23. The van der Waals surface area contributed by atoms with Gasteiger partial charge in [-0.1, -0.05) is 6.07 Å². The number of carbonyl (C=O) groups is 2. The lowest BCUT2D eigenvalue weighted by Crippen LogP contribution is -2.07. The molecule has 0 atom stereocenters. The first-order valence-electron chi connectivity index (χ1n) is 6.24. The maximum absolute atomic E-state index is 12.0. The molecule has 1 aromatic heterocycles. The van der Waals surface area contributed by atoms with Gasteiger partial charge in [0.1, 0.15) is 0 Å². The third-order valence-electron chi connectivity index (χ3n) is 2.79. The van der Waals surface area contributed by atoms with E-state index in [0.717, 1.165) is 10.9 Å². The molecule has 2 rings (SSSR count). The van der Waals surface area contributed by atoms with Crippen molar-refractivity contribution in [3.8, 4) is 0 Å². The molecule has 0 unspecified atom stereocenters. The number of benzene rings is 1. The van der Waals surface area contributed by atoms with Gasteiger partial charge in [-0.05, 0) is 31.2 Å². The van der Waals surface area contributed by atoms with E-state index in [4.69, 9.17) is 4.74 Å². The van der Waals surface area contributed by atoms with Gasteiger partial charge in [0.15, 0.2) is 5.78 Å². The molecule has 19 heavy (non-hydrogen) atoms. The molecule has 98 valence electrons. The molecule has 2 aromatic rings. The predicted molar refractivity (Wildman–Crippen MR) is 71.9 cm³/mol. The van der Waals surface area contributed by atoms with Crippen LogP contribution in [0.15, 0.2) is 36.5 Å². The number of pyridine rings is 1. The molecular formula is C15H15NO3. The van der Waals surface area contributed by atoms with Crippen LogP contribution in [0.3, 0.4) is 0 Å². The van der Waals surface area contributed by atoms with Gasteiger partial charge in [-0.3, -0.25) is 14.6 Å². The van der Waals surface area contributed by atoms with Gasteiger partial charge < -0.3 is 4.74 Å². The van der Waals surface area contributed by atoms with Crippen LogP contribution in [0.25, 0.3) is 10.9 Å². The first-order chi connectivity index (χ1) is 9.20. The molecule has 1 heterocycles. The Morgan fingerprint density at radius 1 is 1.21 bits per heavy atom. The highest BCUT2D eigenvalue weighted by Gasteiger charge is 2.10. The van der Waals surface area contributed by atoms with Crippen molar-refractivity contribution in [2.75, 3.05) is 6.61 Å². The van der Waals surface area contributed by atoms with Crippen LogP contribution >= 0.6 is 0 Å². The molecule has 0 spiro atoms. The van der Waals surface area contributed by atoms with Crippen molar-refractivity contribution in [2.45, 2.75) is 19.8 Å². The summed E-state index contributed by atoms with van der Waals surface area (Å²) in [6, 6.07) is 9.09. The molecule has 0 radical (unpaired) electrons. The average Bonchev–Trinajstić information content (AvgIpc) is 2.44. The van der Waals surface area contributed by atoms with Gasteiger partial charge in [0.25, 0.3) is 0 Å². The maximum Gasteiger partial charge on any atom is 0.306 e. The molecular weight excluding hydrogens is 242 g/mol. The van der Waals surface area contributed by atoms with Crippen LogP contribution in [-0.4, -0.2) is 23.3 Å². The Labute approximate surface area is 111 Å². The zero-order valence-corrected chi connectivity index (χ0v) is 10.8. The number of nitrogens with zero attached hydrogens (tertiary/aromatic N) is 1. The largest absolute Gasteiger partial charge is 0.466 e. The normalized spacial score (nSPS) is 10.4. The van der Waals surface area contributed by atoms with E-state index >= 15 is 0 Å². The van der Waals surface area contributed by atoms with Gasteiger partial charge in [0, 0.05) is 23.6 Å². The molecule has 0 saturated carbocycles. The first kappa shape index (κ1) is 13.2. The van der Waals surface area contributed by atoms with E-state index in [1.165, 1.54) is 0 Å². The number of hydrogen-bond acceptors (Lipinski definition) is 4. The molecule has 0 N–H and O–H groups in total. The first-order valence-corrected chi connectivity index (χ1v) is 6.24. The number of ketones is 1. The van der Waals surface area contributed by atoms with Crippen LogP contribution in [0.1, 0.15) is 30.1 Å². The number of hydrogen-bond donors (Lipinski definition) is 0. The van der Waals surface area contributed by atoms with Crippen LogP contribution in [0, 0.1) is 0 Å². The van der Waals surface area contributed by atoms with E-state index in [0.29, 0.717) is 12.2 Å². The monoisotopic (exact) mass is 257 g/mol. The lowest BCUT2D eigenvalue weighted by molar-refractivity contribution is -0.143. The Morgan fingerprint density at radius 3 is 2.84 bits per heavy atom. The highest BCUT2D eigenvalue weighted by atomic mass is 16.5. The van der Waals surface area contributed by atoms with Crippen molar-refractivity contribution in [3.05, 3.63) is 42.1 Å². The molecule has 0 fully saturated rings. The van der Waals surface area contributed by atoms with Gasteiger partial charge in [0.05, 0.1) is 18.5 Å². The fourth-order valence-electron chi connectivity index (χ4n) is 1.84. The van der Waals surface area contributed by atoms with Crippen LogP contribution in [0.4, 0.5) is 0 Å². The topological polar surface area (TPSA) is 56.3 Å². The van der Waals surface area contributed by atoms with Gasteiger partial charge in [-0.2, -0.15) is 0 Å². The van der Waals surface area contributed by atoms with Crippen LogP contribution in [0.2, 0.25) is 0 Å². The van der Waals surface area contributed by atoms with Crippen LogP contribution in [0.5, 0.6) is 0 Å². The smallest absolute Gasteiger partial charge is 0.306 e. The van der Waals surface area contributed by atoms with E-state index in [1.807, 2.05) is 18.2 Å². The Kier molecular flexibility index (Phi) is 4.23. The zero-order valence-electron chi connectivity index (χ0n) is 10.8. The second-order valence-corrected chi connectivity index (χ2v) is 4.14. The number of esters is 1. The van der Waals surface area contributed by atoms with Crippen molar-refractivity contribution < 1.29 is 14.3 Å². The summed E-state index contributed by atoms with van der Waals surface area (Å²) in [5, 5.41) is 0.921. The van der Waals surface area contributed by atoms with Gasteiger partial charge in [-0.25, -0.2) is 0 Å². The molecule has 1 aromatic carbocycles. The van der Waals surface area contributed by atoms with Crippen molar-refractivity contribution in [2.24, 2.45) is 0 Å². The summed E-state index contributed by atoms with van der Waals surface area (Å²) in [5.74, 6) is -0.392. The maximum atomic E-state index is 12.0. The van der Waals surface area contributed by atoms with Crippen LogP contribution in [-0.2, 0) is 9.53 Å². The number of Topliss-reactive ketones (excluding diaryl/α,β-unsaturated/α-hetero) is 1. The Morgan fingerprint density at radius 2 is 2.05 bits per heavy atom. The lowest BCUT2D eigenvalue weighted by Gasteiger charge is -2.03. The number of carbonyl (C=O) groups excluding carboxylic acids is 2. The van der Waals surface area contributed by atoms with E-state index in [9.17, 15) is 9.59 Å². The standard InChI is InChI=1S/C15H15NO3/c1-2-19-15(18)8-7-14(17)12-5-6-13-11(10-12)4-3-9-16-13/h3-6,9-10H,2,7-8H2,1H3. The van der Waals surface area contributed by atoms with E-state index in [1.54, 1.807) is 25.3 Å². The quantitative estimate of drug-likeness (QED) is 0.610. The van der Waals surface area contributed by atoms with Gasteiger partial charge >= 0.3 is 5.97 Å². The summed E-state index contributed by atoms with van der Waals surface area (Å²) in [6.07, 6.45) is 2.01. The minimum atomic E-state index is -0.335. The Bertz CT molecular complexity index is 607. The second kappa shape index (κ2) is 6.09. The summed E-state index contributed by atoms with van der Waals surface area (Å²) < 4.78 is 4.80. The molecule has 4 heteroatoms. The van der Waals surface area contributed by atoms with Gasteiger partial charge in [-0.15, -0.1) is 0 Å². The van der Waals surface area contributed by atoms with E-state index in [-0.39, 0.29) is 24.6 Å². The number of ether oxygens (including phenoxy) is 1. The summed E-state index contributed by atoms with van der Waals surface area (Å²) in [7, 11) is 0. The van der Waals surface area contributed by atoms with E-state index < -0.39 is 0 Å². The number of fused-ring (bicyclic) bond motifs is 1. The molecule has 0 saturated heterocycles. The Balaban J connectivity index is 2.07. The average molecular weight is 257 g/mol. The molecule has 0 amide bonds. The zero-order chi connectivity index (χ0) is 13.7. The minimum absolute atomic E-state index is 0.0567. The van der Waals surface area contributed by atoms with Crippen LogP contribution < -0.4 is 0 Å². The number of rotatable bonds is 5. The third kappa shape index (κ3) is 3.37. The minimum Gasteiger partial charge on any atom is -0.466 e. The SMILES string of the molecule is CCOC(=O)CCC(=O)c1ccc2ncccc2c1. The fourth-order valence-corrected chi connectivity index (χ4v) is 1.84. The van der Waals surface area contributed by atoms with Crippen molar-refractivity contribution in [1.82, 2.24) is 4.98 Å². The molecule has 0 aliphatic heterocycles.